The lowest BCUT2D eigenvalue weighted by Gasteiger charge is -2.34. The van der Waals surface area contributed by atoms with E-state index in [9.17, 15) is 10.1 Å². The first-order chi connectivity index (χ1) is 13.7. The summed E-state index contributed by atoms with van der Waals surface area (Å²) in [7, 11) is 0. The van der Waals surface area contributed by atoms with Gasteiger partial charge in [-0.05, 0) is 37.1 Å². The van der Waals surface area contributed by atoms with E-state index >= 15 is 0 Å². The number of para-hydroxylation sites is 1. The highest BCUT2D eigenvalue weighted by Crippen LogP contribution is 2.32. The topological polar surface area (TPSA) is 69.0 Å². The van der Waals surface area contributed by atoms with Crippen molar-refractivity contribution in [3.05, 3.63) is 65.3 Å². The first-order valence-electron chi connectivity index (χ1n) is 9.25. The van der Waals surface area contributed by atoms with E-state index < -0.39 is 0 Å². The van der Waals surface area contributed by atoms with Crippen LogP contribution in [0.15, 0.2) is 54.7 Å². The van der Waals surface area contributed by atoms with Crippen LogP contribution in [0.25, 0.3) is 10.9 Å². The number of halogens is 1. The van der Waals surface area contributed by atoms with Crippen molar-refractivity contribution in [1.29, 1.82) is 5.26 Å². The van der Waals surface area contributed by atoms with Crippen LogP contribution in [0.4, 0.5) is 11.4 Å². The number of fused-ring (bicyclic) bond motifs is 1. The van der Waals surface area contributed by atoms with Gasteiger partial charge < -0.3 is 10.2 Å². The minimum absolute atomic E-state index is 0.0157. The maximum atomic E-state index is 12.6. The summed E-state index contributed by atoms with van der Waals surface area (Å²) in [4.78, 5) is 19.2. The average molecular weight is 391 g/mol. The Labute approximate surface area is 168 Å². The largest absolute Gasteiger partial charge is 0.370 e. The number of benzene rings is 2. The quantitative estimate of drug-likeness (QED) is 0.708. The number of piperidine rings is 1. The lowest BCUT2D eigenvalue weighted by atomic mass is 9.94. The summed E-state index contributed by atoms with van der Waals surface area (Å²) in [5, 5.41) is 14.1. The van der Waals surface area contributed by atoms with Gasteiger partial charge in [0.25, 0.3) is 0 Å². The van der Waals surface area contributed by atoms with Gasteiger partial charge in [0.05, 0.1) is 16.8 Å². The molecule has 1 fully saturated rings. The molecule has 0 radical (unpaired) electrons. The summed E-state index contributed by atoms with van der Waals surface area (Å²) in [5.74, 6) is -0.0455. The SMILES string of the molecule is N#Cc1cnc2ccccc2c1N1CCC(C(=O)Nc2cccc(Cl)c2)CC1. The van der Waals surface area contributed by atoms with E-state index in [0.29, 0.717) is 16.3 Å². The minimum Gasteiger partial charge on any atom is -0.370 e. The molecule has 5 nitrogen and oxygen atoms in total. The highest BCUT2D eigenvalue weighted by Gasteiger charge is 2.27. The average Bonchev–Trinajstić information content (AvgIpc) is 2.73. The molecule has 1 aromatic heterocycles. The Hall–Kier alpha value is -3.10. The minimum atomic E-state index is -0.0612. The summed E-state index contributed by atoms with van der Waals surface area (Å²) >= 11 is 5.99. The zero-order valence-corrected chi connectivity index (χ0v) is 16.0. The van der Waals surface area contributed by atoms with Crippen LogP contribution in [-0.2, 0) is 4.79 Å². The fourth-order valence-electron chi connectivity index (χ4n) is 3.73. The van der Waals surface area contributed by atoms with E-state index in [2.05, 4.69) is 21.3 Å². The molecule has 0 atom stereocenters. The lowest BCUT2D eigenvalue weighted by Crippen LogP contribution is -2.38. The molecule has 0 aliphatic carbocycles. The maximum absolute atomic E-state index is 12.6. The molecule has 2 aromatic carbocycles. The third-order valence-electron chi connectivity index (χ3n) is 5.14. The molecule has 4 rings (SSSR count). The second-order valence-electron chi connectivity index (χ2n) is 6.91. The molecular formula is C22H19ClN4O. The summed E-state index contributed by atoms with van der Waals surface area (Å²) in [6, 6.07) is 17.3. The maximum Gasteiger partial charge on any atom is 0.227 e. The van der Waals surface area contributed by atoms with Gasteiger partial charge >= 0.3 is 0 Å². The van der Waals surface area contributed by atoms with Crippen molar-refractivity contribution >= 4 is 39.8 Å². The number of anilines is 2. The van der Waals surface area contributed by atoms with Gasteiger partial charge in [0, 0.05) is 41.3 Å². The molecule has 6 heteroatoms. The number of hydrogen-bond acceptors (Lipinski definition) is 4. The van der Waals surface area contributed by atoms with Gasteiger partial charge in [-0.2, -0.15) is 5.26 Å². The number of pyridine rings is 1. The van der Waals surface area contributed by atoms with Crippen LogP contribution in [0.2, 0.25) is 5.02 Å². The third kappa shape index (κ3) is 3.64. The first kappa shape index (κ1) is 18.3. The summed E-state index contributed by atoms with van der Waals surface area (Å²) in [5.41, 5.74) is 3.08. The lowest BCUT2D eigenvalue weighted by molar-refractivity contribution is -0.120. The number of amides is 1. The predicted octanol–water partition coefficient (Wildman–Crippen LogP) is 4.61. The van der Waals surface area contributed by atoms with E-state index in [1.54, 1.807) is 18.3 Å². The van der Waals surface area contributed by atoms with E-state index in [0.717, 1.165) is 42.5 Å². The third-order valence-corrected chi connectivity index (χ3v) is 5.38. The van der Waals surface area contributed by atoms with Crippen LogP contribution < -0.4 is 10.2 Å². The molecule has 0 unspecified atom stereocenters. The molecule has 0 saturated carbocycles. The van der Waals surface area contributed by atoms with E-state index in [1.807, 2.05) is 36.4 Å². The van der Waals surface area contributed by atoms with Crippen molar-refractivity contribution in [2.45, 2.75) is 12.8 Å². The van der Waals surface area contributed by atoms with Gasteiger partial charge in [0.1, 0.15) is 6.07 Å². The summed E-state index contributed by atoms with van der Waals surface area (Å²) in [6.45, 7) is 1.44. The first-order valence-corrected chi connectivity index (χ1v) is 9.63. The van der Waals surface area contributed by atoms with Crippen molar-refractivity contribution in [3.63, 3.8) is 0 Å². The monoisotopic (exact) mass is 390 g/mol. The zero-order valence-electron chi connectivity index (χ0n) is 15.2. The summed E-state index contributed by atoms with van der Waals surface area (Å²) < 4.78 is 0. The van der Waals surface area contributed by atoms with Crippen LogP contribution in [0.1, 0.15) is 18.4 Å². The van der Waals surface area contributed by atoms with Crippen molar-refractivity contribution in [3.8, 4) is 6.07 Å². The molecule has 0 bridgehead atoms. The van der Waals surface area contributed by atoms with E-state index in [4.69, 9.17) is 11.6 Å². The molecule has 1 aliphatic heterocycles. The van der Waals surface area contributed by atoms with Crippen LogP contribution in [0.3, 0.4) is 0 Å². The zero-order chi connectivity index (χ0) is 19.5. The molecule has 28 heavy (non-hydrogen) atoms. The highest BCUT2D eigenvalue weighted by atomic mass is 35.5. The Bertz CT molecular complexity index is 1070. The molecule has 1 aliphatic rings. The highest BCUT2D eigenvalue weighted by molar-refractivity contribution is 6.30. The van der Waals surface area contributed by atoms with Gasteiger partial charge in [-0.3, -0.25) is 9.78 Å². The number of hydrogen-bond donors (Lipinski definition) is 1. The normalized spacial score (nSPS) is 14.6. The fraction of sp³-hybridized carbons (Fsp3) is 0.227. The second-order valence-corrected chi connectivity index (χ2v) is 7.35. The Kier molecular flexibility index (Phi) is 5.14. The van der Waals surface area contributed by atoms with Crippen molar-refractivity contribution in [2.24, 2.45) is 5.92 Å². The van der Waals surface area contributed by atoms with Gasteiger partial charge in [0.15, 0.2) is 0 Å². The molecule has 1 saturated heterocycles. The Balaban J connectivity index is 1.50. The number of carbonyl (C=O) groups is 1. The van der Waals surface area contributed by atoms with Crippen molar-refractivity contribution in [2.75, 3.05) is 23.3 Å². The number of nitrogens with one attached hydrogen (secondary N) is 1. The summed E-state index contributed by atoms with van der Waals surface area (Å²) in [6.07, 6.45) is 3.09. The van der Waals surface area contributed by atoms with Gasteiger partial charge in [-0.25, -0.2) is 0 Å². The second kappa shape index (κ2) is 7.87. The standard InChI is InChI=1S/C22H19ClN4O/c23-17-4-3-5-18(12-17)26-22(28)15-8-10-27(11-9-15)21-16(13-24)14-25-20-7-2-1-6-19(20)21/h1-7,12,14-15H,8-11H2,(H,26,28). The van der Waals surface area contributed by atoms with E-state index in [1.165, 1.54) is 0 Å². The van der Waals surface area contributed by atoms with Gasteiger partial charge in [-0.1, -0.05) is 35.9 Å². The molecule has 2 heterocycles. The molecule has 140 valence electrons. The molecular weight excluding hydrogens is 372 g/mol. The molecule has 3 aromatic rings. The molecule has 0 spiro atoms. The Morgan fingerprint density at radius 3 is 2.71 bits per heavy atom. The number of rotatable bonds is 3. The molecule has 1 N–H and O–H groups in total. The smallest absolute Gasteiger partial charge is 0.227 e. The predicted molar refractivity (Wildman–Crippen MR) is 111 cm³/mol. The Morgan fingerprint density at radius 1 is 1.18 bits per heavy atom. The van der Waals surface area contributed by atoms with E-state index in [-0.39, 0.29) is 11.8 Å². The Morgan fingerprint density at radius 2 is 1.96 bits per heavy atom. The number of nitrogens with zero attached hydrogens (tertiary/aromatic N) is 3. The van der Waals surface area contributed by atoms with Crippen LogP contribution in [0, 0.1) is 17.2 Å². The van der Waals surface area contributed by atoms with Gasteiger partial charge in [-0.15, -0.1) is 0 Å². The van der Waals surface area contributed by atoms with Crippen molar-refractivity contribution < 1.29 is 4.79 Å². The number of carbonyl (C=O) groups excluding carboxylic acids is 1. The van der Waals surface area contributed by atoms with Crippen LogP contribution in [-0.4, -0.2) is 24.0 Å². The van der Waals surface area contributed by atoms with Crippen molar-refractivity contribution in [1.82, 2.24) is 4.98 Å². The number of nitriles is 1. The van der Waals surface area contributed by atoms with Crippen LogP contribution >= 0.6 is 11.6 Å². The number of aromatic nitrogens is 1. The van der Waals surface area contributed by atoms with Crippen LogP contribution in [0.5, 0.6) is 0 Å². The fourth-order valence-corrected chi connectivity index (χ4v) is 3.92. The van der Waals surface area contributed by atoms with Gasteiger partial charge in [0.2, 0.25) is 5.91 Å². The molecule has 1 amide bonds.